The third-order valence-corrected chi connectivity index (χ3v) is 14.1. The predicted octanol–water partition coefficient (Wildman–Crippen LogP) is 8.41. The summed E-state index contributed by atoms with van der Waals surface area (Å²) < 4.78 is 6.82. The fourth-order valence-corrected chi connectivity index (χ4v) is 11.8. The van der Waals surface area contributed by atoms with E-state index >= 15 is 0 Å². The van der Waals surface area contributed by atoms with Crippen molar-refractivity contribution in [1.29, 1.82) is 0 Å². The van der Waals surface area contributed by atoms with Crippen LogP contribution in [0, 0.1) is 50.2 Å². The van der Waals surface area contributed by atoms with Crippen LogP contribution in [-0.4, -0.2) is 11.7 Å². The molecule has 176 valence electrons. The lowest BCUT2D eigenvalue weighted by Gasteiger charge is -2.79. The second-order valence-corrected chi connectivity index (χ2v) is 15.9. The molecule has 0 unspecified atom stereocenters. The minimum Gasteiger partial charge on any atom is -0.370 e. The van der Waals surface area contributed by atoms with E-state index in [1.54, 1.807) is 0 Å². The first kappa shape index (κ1) is 21.5. The zero-order valence-corrected chi connectivity index (χ0v) is 22.0. The van der Waals surface area contributed by atoms with E-state index in [0.29, 0.717) is 38.6 Å². The SMILES string of the molecule is CC1(C)CC[C@]2(C)CC[C@]3(C)[C@@H]4CC[C@@]56O[C@@H](CC[C@@H]5[C@]4(C)CC[C@]3(C)[C@@H]2C1)C6(C)C. The molecule has 0 radical (unpaired) electrons. The Balaban J connectivity index is 1.40. The third kappa shape index (κ3) is 2.25. The molecule has 2 bridgehead atoms. The Morgan fingerprint density at radius 3 is 1.94 bits per heavy atom. The van der Waals surface area contributed by atoms with Crippen molar-refractivity contribution in [3.05, 3.63) is 0 Å². The molecule has 0 N–H and O–H groups in total. The second-order valence-electron chi connectivity index (χ2n) is 15.9. The summed E-state index contributed by atoms with van der Waals surface area (Å²) in [5, 5.41) is 0. The lowest BCUT2D eigenvalue weighted by atomic mass is 9.30. The summed E-state index contributed by atoms with van der Waals surface area (Å²) in [4.78, 5) is 0. The van der Waals surface area contributed by atoms with Gasteiger partial charge in [0, 0.05) is 5.41 Å². The molecule has 7 rings (SSSR count). The van der Waals surface area contributed by atoms with Gasteiger partial charge in [0.1, 0.15) is 0 Å². The maximum Gasteiger partial charge on any atom is 0.0795 e. The molecule has 0 aromatic rings. The molecule has 2 heterocycles. The molecule has 2 aliphatic heterocycles. The Morgan fingerprint density at radius 1 is 0.581 bits per heavy atom. The highest BCUT2D eigenvalue weighted by Gasteiger charge is 2.76. The number of fused-ring (bicyclic) bond motifs is 6. The summed E-state index contributed by atoms with van der Waals surface area (Å²) in [6.07, 6.45) is 16.3. The molecule has 5 saturated carbocycles. The van der Waals surface area contributed by atoms with E-state index in [1.807, 2.05) is 0 Å². The minimum atomic E-state index is 0.196. The molecule has 5 aliphatic carbocycles. The van der Waals surface area contributed by atoms with Crippen molar-refractivity contribution < 1.29 is 4.74 Å². The first-order valence-corrected chi connectivity index (χ1v) is 13.9. The van der Waals surface area contributed by atoms with Crippen LogP contribution < -0.4 is 0 Å². The van der Waals surface area contributed by atoms with Crippen molar-refractivity contribution in [2.24, 2.45) is 50.2 Å². The summed E-state index contributed by atoms with van der Waals surface area (Å²) in [7, 11) is 0. The molecule has 0 aromatic carbocycles. The van der Waals surface area contributed by atoms with Gasteiger partial charge in [-0.3, -0.25) is 0 Å². The average Bonchev–Trinajstić information content (AvgIpc) is 2.71. The fraction of sp³-hybridized carbons (Fsp3) is 1.00. The fourth-order valence-electron chi connectivity index (χ4n) is 11.8. The minimum absolute atomic E-state index is 0.196. The van der Waals surface area contributed by atoms with Gasteiger partial charge >= 0.3 is 0 Å². The zero-order chi connectivity index (χ0) is 22.3. The monoisotopic (exact) mass is 426 g/mol. The van der Waals surface area contributed by atoms with Gasteiger partial charge in [0.05, 0.1) is 11.7 Å². The van der Waals surface area contributed by atoms with Gasteiger partial charge in [0.2, 0.25) is 0 Å². The number of hydrogen-bond donors (Lipinski definition) is 0. The van der Waals surface area contributed by atoms with E-state index in [-0.39, 0.29) is 5.60 Å². The second kappa shape index (κ2) is 5.78. The average molecular weight is 427 g/mol. The molecule has 7 fully saturated rings. The van der Waals surface area contributed by atoms with Crippen LogP contribution in [0.2, 0.25) is 0 Å². The summed E-state index contributed by atoms with van der Waals surface area (Å²) in [5.74, 6) is 2.59. The lowest BCUT2D eigenvalue weighted by Crippen LogP contribution is -2.78. The van der Waals surface area contributed by atoms with Gasteiger partial charge in [-0.1, -0.05) is 55.4 Å². The van der Waals surface area contributed by atoms with Crippen molar-refractivity contribution >= 4 is 0 Å². The Morgan fingerprint density at radius 2 is 1.23 bits per heavy atom. The van der Waals surface area contributed by atoms with Gasteiger partial charge in [0.15, 0.2) is 0 Å². The van der Waals surface area contributed by atoms with E-state index in [4.69, 9.17) is 4.74 Å². The summed E-state index contributed by atoms with van der Waals surface area (Å²) in [6.45, 7) is 21.2. The van der Waals surface area contributed by atoms with E-state index in [1.165, 1.54) is 70.6 Å². The standard InChI is InChI=1S/C30H50O/c1-24(2)13-14-26(5)15-17-28(7)20-11-12-30-21(9-10-23(31-30)25(30,3)4)27(20,6)16-18-29(28,8)22(26)19-24/h20-23H,9-19H2,1-8H3/t20-,21-,22-,23+,26-,27-,28-,29-,30-/m1/s1. The molecular formula is C30H50O. The third-order valence-electron chi connectivity index (χ3n) is 14.1. The van der Waals surface area contributed by atoms with Crippen LogP contribution in [0.4, 0.5) is 0 Å². The first-order valence-electron chi connectivity index (χ1n) is 13.9. The maximum atomic E-state index is 6.82. The molecule has 7 aliphatic rings. The normalized spacial score (nSPS) is 61.2. The molecule has 1 nitrogen and oxygen atoms in total. The molecule has 2 saturated heterocycles. The summed E-state index contributed by atoms with van der Waals surface area (Å²) in [5.41, 5.74) is 3.21. The Kier molecular flexibility index (Phi) is 4.00. The van der Waals surface area contributed by atoms with Crippen LogP contribution in [0.5, 0.6) is 0 Å². The predicted molar refractivity (Wildman–Crippen MR) is 129 cm³/mol. The van der Waals surface area contributed by atoms with Gasteiger partial charge in [0.25, 0.3) is 0 Å². The Labute approximate surface area is 192 Å². The highest BCUT2D eigenvalue weighted by molar-refractivity contribution is 5.25. The van der Waals surface area contributed by atoms with E-state index in [2.05, 4.69) is 55.4 Å². The molecule has 1 spiro atoms. The van der Waals surface area contributed by atoms with Crippen LogP contribution >= 0.6 is 0 Å². The van der Waals surface area contributed by atoms with Crippen LogP contribution in [0.25, 0.3) is 0 Å². The highest BCUT2D eigenvalue weighted by atomic mass is 16.5. The van der Waals surface area contributed by atoms with Gasteiger partial charge < -0.3 is 4.74 Å². The van der Waals surface area contributed by atoms with Crippen molar-refractivity contribution in [3.63, 3.8) is 0 Å². The first-order chi connectivity index (χ1) is 14.2. The van der Waals surface area contributed by atoms with Crippen molar-refractivity contribution in [1.82, 2.24) is 0 Å². The van der Waals surface area contributed by atoms with Crippen LogP contribution in [0.1, 0.15) is 126 Å². The van der Waals surface area contributed by atoms with Gasteiger partial charge in [-0.2, -0.15) is 0 Å². The molecule has 0 aromatic heterocycles. The van der Waals surface area contributed by atoms with Crippen molar-refractivity contribution in [2.75, 3.05) is 0 Å². The molecule has 9 atom stereocenters. The lowest BCUT2D eigenvalue weighted by molar-refractivity contribution is -0.399. The van der Waals surface area contributed by atoms with Gasteiger partial charge in [-0.25, -0.2) is 0 Å². The van der Waals surface area contributed by atoms with Gasteiger partial charge in [-0.15, -0.1) is 0 Å². The molecule has 31 heavy (non-hydrogen) atoms. The van der Waals surface area contributed by atoms with Crippen molar-refractivity contribution in [3.8, 4) is 0 Å². The number of ether oxygens (including phenoxy) is 1. The van der Waals surface area contributed by atoms with Crippen LogP contribution in [-0.2, 0) is 4.74 Å². The molecule has 0 amide bonds. The highest BCUT2D eigenvalue weighted by Crippen LogP contribution is 2.80. The van der Waals surface area contributed by atoms with Gasteiger partial charge in [-0.05, 0) is 115 Å². The van der Waals surface area contributed by atoms with E-state index < -0.39 is 0 Å². The maximum absolute atomic E-state index is 6.82. The van der Waals surface area contributed by atoms with E-state index in [0.717, 1.165) is 17.8 Å². The smallest absolute Gasteiger partial charge is 0.0795 e. The van der Waals surface area contributed by atoms with Crippen molar-refractivity contribution in [2.45, 2.75) is 138 Å². The van der Waals surface area contributed by atoms with E-state index in [9.17, 15) is 0 Å². The number of hydrogen-bond acceptors (Lipinski definition) is 1. The van der Waals surface area contributed by atoms with Crippen LogP contribution in [0.3, 0.4) is 0 Å². The Hall–Kier alpha value is -0.0400. The quantitative estimate of drug-likeness (QED) is 0.378. The molecule has 1 heteroatoms. The van der Waals surface area contributed by atoms with Crippen LogP contribution in [0.15, 0.2) is 0 Å². The number of rotatable bonds is 0. The largest absolute Gasteiger partial charge is 0.370 e. The zero-order valence-electron chi connectivity index (χ0n) is 22.0. The Bertz CT molecular complexity index is 796. The summed E-state index contributed by atoms with van der Waals surface area (Å²) in [6, 6.07) is 0. The summed E-state index contributed by atoms with van der Waals surface area (Å²) >= 11 is 0. The molecular weight excluding hydrogens is 376 g/mol. The topological polar surface area (TPSA) is 9.23 Å².